The smallest absolute Gasteiger partial charge is 0.252 e. The van der Waals surface area contributed by atoms with E-state index in [2.05, 4.69) is 21.2 Å². The van der Waals surface area contributed by atoms with Gasteiger partial charge in [-0.05, 0) is 58.2 Å². The number of nitrogens with two attached hydrogens (primary N) is 1. The van der Waals surface area contributed by atoms with Crippen molar-refractivity contribution < 1.29 is 9.90 Å². The zero-order valence-electron chi connectivity index (χ0n) is 10.8. The molecule has 0 radical (unpaired) electrons. The van der Waals surface area contributed by atoms with Crippen molar-refractivity contribution in [3.05, 3.63) is 58.1 Å². The van der Waals surface area contributed by atoms with Gasteiger partial charge in [-0.25, -0.2) is 0 Å². The SMILES string of the molecule is Nc1ccc(Br)c(C(=O)NCCc2ccc(O)cc2)c1. The summed E-state index contributed by atoms with van der Waals surface area (Å²) in [5, 5.41) is 12.0. The van der Waals surface area contributed by atoms with Crippen molar-refractivity contribution in [1.29, 1.82) is 0 Å². The number of benzene rings is 2. The minimum absolute atomic E-state index is 0.164. The Morgan fingerprint density at radius 2 is 1.90 bits per heavy atom. The van der Waals surface area contributed by atoms with E-state index < -0.39 is 0 Å². The molecule has 0 atom stereocenters. The van der Waals surface area contributed by atoms with E-state index in [9.17, 15) is 9.90 Å². The molecule has 0 spiro atoms. The van der Waals surface area contributed by atoms with Gasteiger partial charge in [-0.3, -0.25) is 4.79 Å². The third-order valence-corrected chi connectivity index (χ3v) is 3.56. The number of aromatic hydroxyl groups is 1. The summed E-state index contributed by atoms with van der Waals surface area (Å²) in [5.41, 5.74) is 7.80. The normalized spacial score (nSPS) is 10.2. The Kier molecular flexibility index (Phi) is 4.63. The van der Waals surface area contributed by atoms with Gasteiger partial charge in [0.1, 0.15) is 5.75 Å². The molecule has 2 aromatic rings. The molecule has 0 aliphatic carbocycles. The molecule has 0 heterocycles. The second-order valence-electron chi connectivity index (χ2n) is 4.41. The minimum atomic E-state index is -0.164. The van der Waals surface area contributed by atoms with E-state index in [1.807, 2.05) is 12.1 Å². The Labute approximate surface area is 125 Å². The molecule has 5 heteroatoms. The minimum Gasteiger partial charge on any atom is -0.508 e. The number of nitrogens with one attached hydrogen (secondary N) is 1. The third-order valence-electron chi connectivity index (χ3n) is 2.87. The molecule has 0 aliphatic rings. The first-order valence-electron chi connectivity index (χ1n) is 6.17. The molecular weight excluding hydrogens is 320 g/mol. The average molecular weight is 335 g/mol. The Balaban J connectivity index is 1.92. The standard InChI is InChI=1S/C15H15BrN2O2/c16-14-6-3-11(17)9-13(14)15(20)18-8-7-10-1-4-12(19)5-2-10/h1-6,9,19H,7-8,17H2,(H,18,20). The van der Waals surface area contributed by atoms with E-state index in [0.717, 1.165) is 5.56 Å². The van der Waals surface area contributed by atoms with Gasteiger partial charge in [0, 0.05) is 16.7 Å². The van der Waals surface area contributed by atoms with E-state index in [-0.39, 0.29) is 11.7 Å². The number of hydrogen-bond donors (Lipinski definition) is 3. The highest BCUT2D eigenvalue weighted by molar-refractivity contribution is 9.10. The molecule has 0 bridgehead atoms. The van der Waals surface area contributed by atoms with Crippen LogP contribution in [0.5, 0.6) is 5.75 Å². The van der Waals surface area contributed by atoms with Crippen molar-refractivity contribution in [2.45, 2.75) is 6.42 Å². The largest absolute Gasteiger partial charge is 0.508 e. The summed E-state index contributed by atoms with van der Waals surface area (Å²) in [4.78, 5) is 12.0. The maximum absolute atomic E-state index is 12.0. The van der Waals surface area contributed by atoms with Crippen LogP contribution in [0.2, 0.25) is 0 Å². The number of nitrogen functional groups attached to an aromatic ring is 1. The fraction of sp³-hybridized carbons (Fsp3) is 0.133. The number of carbonyl (C=O) groups excluding carboxylic acids is 1. The van der Waals surface area contributed by atoms with Gasteiger partial charge in [0.25, 0.3) is 5.91 Å². The second-order valence-corrected chi connectivity index (χ2v) is 5.27. The quantitative estimate of drug-likeness (QED) is 0.752. The summed E-state index contributed by atoms with van der Waals surface area (Å²) in [6, 6.07) is 12.1. The van der Waals surface area contributed by atoms with Gasteiger partial charge >= 0.3 is 0 Å². The summed E-state index contributed by atoms with van der Waals surface area (Å²) in [5.74, 6) is 0.0735. The van der Waals surface area contributed by atoms with Gasteiger partial charge in [-0.15, -0.1) is 0 Å². The summed E-state index contributed by atoms with van der Waals surface area (Å²) in [7, 11) is 0. The number of phenolic OH excluding ortho intramolecular Hbond substituents is 1. The molecule has 0 saturated carbocycles. The lowest BCUT2D eigenvalue weighted by atomic mass is 10.1. The fourth-order valence-electron chi connectivity index (χ4n) is 1.80. The van der Waals surface area contributed by atoms with Crippen LogP contribution in [0.25, 0.3) is 0 Å². The lowest BCUT2D eigenvalue weighted by Crippen LogP contribution is -2.26. The molecule has 0 aliphatic heterocycles. The molecule has 104 valence electrons. The second kappa shape index (κ2) is 6.43. The monoisotopic (exact) mass is 334 g/mol. The van der Waals surface area contributed by atoms with E-state index in [1.54, 1.807) is 30.3 Å². The molecule has 1 amide bonds. The van der Waals surface area contributed by atoms with Crippen molar-refractivity contribution in [2.75, 3.05) is 12.3 Å². The first-order valence-corrected chi connectivity index (χ1v) is 6.96. The van der Waals surface area contributed by atoms with Gasteiger partial charge in [0.05, 0.1) is 5.56 Å². The van der Waals surface area contributed by atoms with E-state index in [4.69, 9.17) is 5.73 Å². The van der Waals surface area contributed by atoms with Crippen LogP contribution in [-0.2, 0) is 6.42 Å². The lowest BCUT2D eigenvalue weighted by Gasteiger charge is -2.08. The molecule has 2 aromatic carbocycles. The van der Waals surface area contributed by atoms with Crippen LogP contribution >= 0.6 is 15.9 Å². The zero-order valence-corrected chi connectivity index (χ0v) is 12.4. The van der Waals surface area contributed by atoms with Crippen molar-refractivity contribution in [2.24, 2.45) is 0 Å². The Morgan fingerprint density at radius 3 is 2.60 bits per heavy atom. The highest BCUT2D eigenvalue weighted by Gasteiger charge is 2.09. The number of phenols is 1. The molecule has 0 aromatic heterocycles. The van der Waals surface area contributed by atoms with Gasteiger partial charge in [-0.1, -0.05) is 12.1 Å². The Bertz CT molecular complexity index is 612. The first-order chi connectivity index (χ1) is 9.56. The van der Waals surface area contributed by atoms with Gasteiger partial charge in [0.15, 0.2) is 0 Å². The summed E-state index contributed by atoms with van der Waals surface area (Å²) in [6.45, 7) is 0.519. The zero-order chi connectivity index (χ0) is 14.5. The molecule has 20 heavy (non-hydrogen) atoms. The first kappa shape index (κ1) is 14.4. The molecule has 2 rings (SSSR count). The lowest BCUT2D eigenvalue weighted by molar-refractivity contribution is 0.0953. The van der Waals surface area contributed by atoms with Crippen LogP contribution in [0.1, 0.15) is 15.9 Å². The van der Waals surface area contributed by atoms with Gasteiger partial charge in [-0.2, -0.15) is 0 Å². The van der Waals surface area contributed by atoms with Gasteiger partial charge < -0.3 is 16.2 Å². The number of amides is 1. The maximum atomic E-state index is 12.0. The van der Waals surface area contributed by atoms with Crippen molar-refractivity contribution in [1.82, 2.24) is 5.32 Å². The summed E-state index contributed by atoms with van der Waals surface area (Å²) < 4.78 is 0.717. The maximum Gasteiger partial charge on any atom is 0.252 e. The fourth-order valence-corrected chi connectivity index (χ4v) is 2.22. The number of halogens is 1. The molecule has 0 unspecified atom stereocenters. The summed E-state index contributed by atoms with van der Waals surface area (Å²) in [6.07, 6.45) is 0.700. The molecule has 0 saturated heterocycles. The predicted molar refractivity (Wildman–Crippen MR) is 82.7 cm³/mol. The predicted octanol–water partition coefficient (Wildman–Crippen LogP) is 2.71. The Morgan fingerprint density at radius 1 is 1.20 bits per heavy atom. The van der Waals surface area contributed by atoms with Crippen LogP contribution in [0.4, 0.5) is 5.69 Å². The van der Waals surface area contributed by atoms with Crippen LogP contribution in [0, 0.1) is 0 Å². The molecule has 4 N–H and O–H groups in total. The van der Waals surface area contributed by atoms with Crippen LogP contribution < -0.4 is 11.1 Å². The molecule has 4 nitrogen and oxygen atoms in total. The van der Waals surface area contributed by atoms with Crippen molar-refractivity contribution in [3.63, 3.8) is 0 Å². The highest BCUT2D eigenvalue weighted by Crippen LogP contribution is 2.19. The van der Waals surface area contributed by atoms with Crippen molar-refractivity contribution >= 4 is 27.5 Å². The van der Waals surface area contributed by atoms with Crippen molar-refractivity contribution in [3.8, 4) is 5.75 Å². The molecular formula is C15H15BrN2O2. The van der Waals surface area contributed by atoms with E-state index >= 15 is 0 Å². The highest BCUT2D eigenvalue weighted by atomic mass is 79.9. The van der Waals surface area contributed by atoms with E-state index in [1.165, 1.54) is 0 Å². The van der Waals surface area contributed by atoms with Crippen LogP contribution in [0.15, 0.2) is 46.9 Å². The number of rotatable bonds is 4. The Hall–Kier alpha value is -2.01. The number of anilines is 1. The molecule has 0 fully saturated rings. The van der Waals surface area contributed by atoms with Crippen LogP contribution in [0.3, 0.4) is 0 Å². The average Bonchev–Trinajstić information content (AvgIpc) is 2.43. The topological polar surface area (TPSA) is 75.4 Å². The third kappa shape index (κ3) is 3.74. The van der Waals surface area contributed by atoms with Gasteiger partial charge in [0.2, 0.25) is 0 Å². The van der Waals surface area contributed by atoms with Crippen LogP contribution in [-0.4, -0.2) is 17.6 Å². The number of carbonyl (C=O) groups is 1. The summed E-state index contributed by atoms with van der Waals surface area (Å²) >= 11 is 3.33. The van der Waals surface area contributed by atoms with E-state index in [0.29, 0.717) is 28.7 Å². The number of hydrogen-bond acceptors (Lipinski definition) is 3.